The molecule has 2 aliphatic rings. The minimum atomic E-state index is 0.537. The predicted molar refractivity (Wildman–Crippen MR) is 107 cm³/mol. The fourth-order valence-corrected chi connectivity index (χ4v) is 4.95. The summed E-state index contributed by atoms with van der Waals surface area (Å²) in [6.07, 6.45) is 9.10. The minimum absolute atomic E-state index is 0.537. The molecule has 134 valence electrons. The van der Waals surface area contributed by atoms with Crippen molar-refractivity contribution in [2.75, 3.05) is 18.4 Å². The van der Waals surface area contributed by atoms with E-state index in [0.29, 0.717) is 6.04 Å². The number of hydrogen-bond acceptors (Lipinski definition) is 4. The normalized spacial score (nSPS) is 20.9. The van der Waals surface area contributed by atoms with Gasteiger partial charge in [0, 0.05) is 17.5 Å². The number of aryl methyl sites for hydroxylation is 1. The summed E-state index contributed by atoms with van der Waals surface area (Å²) in [6, 6.07) is 0.537. The molecule has 1 aliphatic heterocycles. The molecule has 2 heterocycles. The molecule has 0 radical (unpaired) electrons. The number of nitrogens with one attached hydrogen (secondary N) is 2. The van der Waals surface area contributed by atoms with E-state index in [1.54, 1.807) is 11.3 Å². The topological polar surface area (TPSA) is 40.2 Å². The van der Waals surface area contributed by atoms with Crippen LogP contribution < -0.4 is 10.6 Å². The largest absolute Gasteiger partial charge is 0.360 e. The van der Waals surface area contributed by atoms with Gasteiger partial charge >= 0.3 is 0 Å². The highest BCUT2D eigenvalue weighted by Crippen LogP contribution is 2.26. The van der Waals surface area contributed by atoms with Gasteiger partial charge in [-0.2, -0.15) is 0 Å². The zero-order valence-corrected chi connectivity index (χ0v) is 16.6. The summed E-state index contributed by atoms with van der Waals surface area (Å²) in [6.45, 7) is 7.92. The Hall–Kier alpha value is -0.720. The Morgan fingerprint density at radius 2 is 1.92 bits per heavy atom. The number of nitrogens with zero attached hydrogens (tertiary/aromatic N) is 2. The quantitative estimate of drug-likeness (QED) is 0.777. The Bertz CT molecular complexity index is 543. The average Bonchev–Trinajstić information content (AvgIpc) is 2.89. The summed E-state index contributed by atoms with van der Waals surface area (Å²) in [5, 5.41) is 8.43. The second-order valence-electron chi connectivity index (χ2n) is 7.42. The molecule has 0 atom stereocenters. The molecule has 2 N–H and O–H groups in total. The van der Waals surface area contributed by atoms with Crippen molar-refractivity contribution in [3.63, 3.8) is 0 Å². The van der Waals surface area contributed by atoms with Crippen molar-refractivity contribution >= 4 is 33.8 Å². The van der Waals surface area contributed by atoms with E-state index in [4.69, 9.17) is 12.2 Å². The number of piperidine rings is 1. The Kier molecular flexibility index (Phi) is 6.47. The van der Waals surface area contributed by atoms with Gasteiger partial charge in [-0.25, -0.2) is 4.98 Å². The van der Waals surface area contributed by atoms with Crippen LogP contribution in [-0.2, 0) is 6.54 Å². The molecule has 0 aromatic carbocycles. The fourth-order valence-electron chi connectivity index (χ4n) is 3.62. The van der Waals surface area contributed by atoms with Crippen LogP contribution in [0.4, 0.5) is 5.13 Å². The van der Waals surface area contributed by atoms with E-state index in [9.17, 15) is 0 Å². The lowest BCUT2D eigenvalue weighted by Gasteiger charge is -2.29. The second kappa shape index (κ2) is 8.59. The van der Waals surface area contributed by atoms with Gasteiger partial charge in [0.1, 0.15) is 0 Å². The maximum atomic E-state index is 5.48. The predicted octanol–water partition coefficient (Wildman–Crippen LogP) is 4.30. The highest BCUT2D eigenvalue weighted by atomic mass is 32.1. The van der Waals surface area contributed by atoms with Gasteiger partial charge in [0.2, 0.25) is 0 Å². The van der Waals surface area contributed by atoms with E-state index >= 15 is 0 Å². The van der Waals surface area contributed by atoms with Crippen LogP contribution in [0.1, 0.15) is 62.4 Å². The number of aromatic nitrogens is 1. The molecular weight excluding hydrogens is 336 g/mol. The van der Waals surface area contributed by atoms with Crippen LogP contribution in [0.5, 0.6) is 0 Å². The molecule has 0 amide bonds. The van der Waals surface area contributed by atoms with Crippen LogP contribution in [0.15, 0.2) is 0 Å². The molecule has 0 bridgehead atoms. The molecule has 0 spiro atoms. The molecule has 1 saturated heterocycles. The third-order valence-electron chi connectivity index (χ3n) is 5.30. The van der Waals surface area contributed by atoms with E-state index in [-0.39, 0.29) is 0 Å². The van der Waals surface area contributed by atoms with Crippen LogP contribution >= 0.6 is 23.6 Å². The molecule has 2 fully saturated rings. The highest BCUT2D eigenvalue weighted by Gasteiger charge is 2.19. The van der Waals surface area contributed by atoms with Gasteiger partial charge in [0.25, 0.3) is 0 Å². The summed E-state index contributed by atoms with van der Waals surface area (Å²) in [4.78, 5) is 8.60. The van der Waals surface area contributed by atoms with Gasteiger partial charge in [-0.3, -0.25) is 4.90 Å². The molecule has 24 heavy (non-hydrogen) atoms. The van der Waals surface area contributed by atoms with Crippen LogP contribution in [0.2, 0.25) is 0 Å². The Morgan fingerprint density at radius 1 is 1.21 bits per heavy atom. The smallest absolute Gasteiger partial charge is 0.189 e. The maximum Gasteiger partial charge on any atom is 0.189 e. The van der Waals surface area contributed by atoms with Crippen molar-refractivity contribution in [2.45, 2.75) is 71.4 Å². The van der Waals surface area contributed by atoms with Crippen molar-refractivity contribution in [1.82, 2.24) is 15.2 Å². The Labute approximate surface area is 155 Å². The second-order valence-corrected chi connectivity index (χ2v) is 8.91. The number of thiazole rings is 1. The summed E-state index contributed by atoms with van der Waals surface area (Å²) in [7, 11) is 0. The molecule has 4 nitrogen and oxygen atoms in total. The zero-order chi connectivity index (χ0) is 16.9. The van der Waals surface area contributed by atoms with E-state index in [1.165, 1.54) is 62.9 Å². The first kappa shape index (κ1) is 18.1. The first-order valence-corrected chi connectivity index (χ1v) is 10.6. The standard InChI is InChI=1S/C18H30N4S2/c1-13-8-10-22(11-9-13)12-16-14(2)19-18(24-16)21-17(23)20-15-6-4-3-5-7-15/h13,15H,3-12H2,1-2H3,(H2,19,20,21,23). The minimum Gasteiger partial charge on any atom is -0.360 e. The van der Waals surface area contributed by atoms with Crippen molar-refractivity contribution in [2.24, 2.45) is 5.92 Å². The molecule has 1 aromatic rings. The molecular formula is C18H30N4S2. The fraction of sp³-hybridized carbons (Fsp3) is 0.778. The third-order valence-corrected chi connectivity index (χ3v) is 6.57. The monoisotopic (exact) mass is 366 g/mol. The maximum absolute atomic E-state index is 5.48. The van der Waals surface area contributed by atoms with Crippen LogP contribution in [0, 0.1) is 12.8 Å². The first-order valence-electron chi connectivity index (χ1n) is 9.36. The van der Waals surface area contributed by atoms with Gasteiger partial charge in [0.05, 0.1) is 5.69 Å². The first-order chi connectivity index (χ1) is 11.6. The van der Waals surface area contributed by atoms with Crippen molar-refractivity contribution < 1.29 is 0 Å². The van der Waals surface area contributed by atoms with E-state index in [0.717, 1.165) is 28.4 Å². The summed E-state index contributed by atoms with van der Waals surface area (Å²) in [5.74, 6) is 0.879. The Balaban J connectivity index is 1.50. The zero-order valence-electron chi connectivity index (χ0n) is 14.9. The number of hydrogen-bond donors (Lipinski definition) is 2. The van der Waals surface area contributed by atoms with E-state index < -0.39 is 0 Å². The molecule has 0 unspecified atom stereocenters. The summed E-state index contributed by atoms with van der Waals surface area (Å²) in [5.41, 5.74) is 1.14. The van der Waals surface area contributed by atoms with Gasteiger partial charge < -0.3 is 10.6 Å². The molecule has 1 saturated carbocycles. The Morgan fingerprint density at radius 3 is 2.62 bits per heavy atom. The highest BCUT2D eigenvalue weighted by molar-refractivity contribution is 7.80. The van der Waals surface area contributed by atoms with Crippen LogP contribution in [0.3, 0.4) is 0 Å². The lowest BCUT2D eigenvalue weighted by molar-refractivity contribution is 0.186. The van der Waals surface area contributed by atoms with Gasteiger partial charge in [-0.15, -0.1) is 11.3 Å². The summed E-state index contributed by atoms with van der Waals surface area (Å²) >= 11 is 7.23. The van der Waals surface area contributed by atoms with Crippen LogP contribution in [0.25, 0.3) is 0 Å². The van der Waals surface area contributed by atoms with Crippen LogP contribution in [-0.4, -0.2) is 34.1 Å². The van der Waals surface area contributed by atoms with Gasteiger partial charge in [-0.1, -0.05) is 26.2 Å². The molecule has 3 rings (SSSR count). The molecule has 6 heteroatoms. The average molecular weight is 367 g/mol. The molecule has 1 aliphatic carbocycles. The van der Waals surface area contributed by atoms with E-state index in [2.05, 4.69) is 34.4 Å². The van der Waals surface area contributed by atoms with E-state index in [1.807, 2.05) is 0 Å². The lowest BCUT2D eigenvalue weighted by atomic mass is 9.96. The number of anilines is 1. The van der Waals surface area contributed by atoms with Crippen molar-refractivity contribution in [3.8, 4) is 0 Å². The van der Waals surface area contributed by atoms with Gasteiger partial charge in [-0.05, 0) is 63.8 Å². The number of thiocarbonyl (C=S) groups is 1. The van der Waals surface area contributed by atoms with Gasteiger partial charge in [0.15, 0.2) is 10.2 Å². The summed E-state index contributed by atoms with van der Waals surface area (Å²) < 4.78 is 0. The third kappa shape index (κ3) is 5.14. The lowest BCUT2D eigenvalue weighted by Crippen LogP contribution is -2.38. The number of likely N-dealkylation sites (tertiary alicyclic amines) is 1. The SMILES string of the molecule is Cc1nc(NC(=S)NC2CCCCC2)sc1CN1CCC(C)CC1. The van der Waals surface area contributed by atoms with Crippen molar-refractivity contribution in [3.05, 3.63) is 10.6 Å². The molecule has 1 aromatic heterocycles. The van der Waals surface area contributed by atoms with Crippen molar-refractivity contribution in [1.29, 1.82) is 0 Å². The number of rotatable bonds is 4.